The van der Waals surface area contributed by atoms with Gasteiger partial charge in [0.25, 0.3) is 0 Å². The predicted molar refractivity (Wildman–Crippen MR) is 155 cm³/mol. The van der Waals surface area contributed by atoms with Crippen LogP contribution in [0, 0.1) is 6.92 Å². The van der Waals surface area contributed by atoms with Gasteiger partial charge < -0.3 is 24.3 Å². The number of anilines is 1. The fraction of sp³-hybridized carbons (Fsp3) is 0.276. The minimum absolute atomic E-state index is 0.128. The van der Waals surface area contributed by atoms with Crippen molar-refractivity contribution in [3.8, 4) is 11.5 Å². The summed E-state index contributed by atoms with van der Waals surface area (Å²) in [6.07, 6.45) is 2.58. The van der Waals surface area contributed by atoms with E-state index in [0.29, 0.717) is 33.7 Å². The second-order valence-corrected chi connectivity index (χ2v) is 10.4. The van der Waals surface area contributed by atoms with E-state index < -0.39 is 17.8 Å². The number of halogens is 1. The molecule has 39 heavy (non-hydrogen) atoms. The molecule has 0 saturated carbocycles. The molecule has 8 nitrogen and oxygen atoms in total. The first-order valence-electron chi connectivity index (χ1n) is 12.2. The Hall–Kier alpha value is -3.63. The molecule has 3 rings (SSSR count). The molecule has 0 aliphatic heterocycles. The first kappa shape index (κ1) is 29.9. The zero-order valence-corrected chi connectivity index (χ0v) is 24.7. The van der Waals surface area contributed by atoms with Crippen molar-refractivity contribution in [1.82, 2.24) is 0 Å². The molecular weight excluding hydrogens is 586 g/mol. The van der Waals surface area contributed by atoms with Crippen molar-refractivity contribution >= 4 is 56.2 Å². The molecule has 0 fully saturated rings. The lowest BCUT2D eigenvalue weighted by Gasteiger charge is -2.13. The van der Waals surface area contributed by atoms with E-state index in [0.717, 1.165) is 16.9 Å². The normalized spacial score (nSPS) is 10.9. The number of hydrogen-bond acceptors (Lipinski definition) is 8. The molecule has 0 atom stereocenters. The number of rotatable bonds is 11. The highest BCUT2D eigenvalue weighted by Crippen LogP contribution is 2.38. The Balaban J connectivity index is 1.80. The van der Waals surface area contributed by atoms with Gasteiger partial charge in [-0.3, -0.25) is 4.79 Å². The van der Waals surface area contributed by atoms with Gasteiger partial charge in [0.05, 0.1) is 29.9 Å². The van der Waals surface area contributed by atoms with E-state index in [1.807, 2.05) is 30.3 Å². The van der Waals surface area contributed by atoms with Crippen LogP contribution in [0.15, 0.2) is 53.0 Å². The molecule has 1 aromatic heterocycles. The highest BCUT2D eigenvalue weighted by molar-refractivity contribution is 9.10. The van der Waals surface area contributed by atoms with Crippen LogP contribution >= 0.6 is 27.3 Å². The molecule has 2 aromatic carbocycles. The molecule has 3 aromatic rings. The van der Waals surface area contributed by atoms with E-state index in [9.17, 15) is 14.4 Å². The molecular formula is C29H30BrNO7S. The third-order valence-electron chi connectivity index (χ3n) is 5.30. The molecule has 206 valence electrons. The fourth-order valence-electron chi connectivity index (χ4n) is 3.54. The molecule has 1 N–H and O–H groups in total. The summed E-state index contributed by atoms with van der Waals surface area (Å²) >= 11 is 4.49. The van der Waals surface area contributed by atoms with Crippen LogP contribution in [0.3, 0.4) is 0 Å². The van der Waals surface area contributed by atoms with Crippen molar-refractivity contribution in [3.63, 3.8) is 0 Å². The van der Waals surface area contributed by atoms with Gasteiger partial charge in [-0.05, 0) is 78.5 Å². The van der Waals surface area contributed by atoms with Gasteiger partial charge in [-0.2, -0.15) is 0 Å². The number of ether oxygens (including phenoxy) is 4. The summed E-state index contributed by atoms with van der Waals surface area (Å²) in [7, 11) is 1.54. The zero-order valence-electron chi connectivity index (χ0n) is 22.3. The van der Waals surface area contributed by atoms with Crippen LogP contribution in [0.5, 0.6) is 11.5 Å². The van der Waals surface area contributed by atoms with Crippen LogP contribution < -0.4 is 14.8 Å². The molecule has 0 unspecified atom stereocenters. The largest absolute Gasteiger partial charge is 0.493 e. The van der Waals surface area contributed by atoms with E-state index in [2.05, 4.69) is 21.2 Å². The number of methoxy groups -OCH3 is 1. The number of hydrogen-bond donors (Lipinski definition) is 1. The molecule has 10 heteroatoms. The van der Waals surface area contributed by atoms with Crippen molar-refractivity contribution < 1.29 is 33.3 Å². The number of nitrogens with one attached hydrogen (secondary N) is 1. The topological polar surface area (TPSA) is 100 Å². The SMILES string of the molecule is CCOC(=O)c1c(NC(=O)/C=C/c2cc(Br)c(OCc3ccccc3)c(OC)c2)sc(C(=O)OC(C)C)c1C. The Labute approximate surface area is 240 Å². The lowest BCUT2D eigenvalue weighted by atomic mass is 10.1. The van der Waals surface area contributed by atoms with Crippen LogP contribution in [-0.4, -0.2) is 37.7 Å². The third-order valence-corrected chi connectivity index (χ3v) is 7.07. The van der Waals surface area contributed by atoms with Crippen LogP contribution in [0.25, 0.3) is 6.08 Å². The maximum atomic E-state index is 12.8. The molecule has 0 saturated heterocycles. The molecule has 1 amide bonds. The smallest absolute Gasteiger partial charge is 0.348 e. The van der Waals surface area contributed by atoms with E-state index in [1.54, 1.807) is 45.9 Å². The number of esters is 2. The monoisotopic (exact) mass is 615 g/mol. The van der Waals surface area contributed by atoms with Crippen LogP contribution in [0.1, 0.15) is 57.5 Å². The zero-order chi connectivity index (χ0) is 28.5. The molecule has 0 radical (unpaired) electrons. The van der Waals surface area contributed by atoms with Crippen molar-refractivity contribution in [3.05, 3.63) is 80.1 Å². The van der Waals surface area contributed by atoms with Crippen molar-refractivity contribution in [2.24, 2.45) is 0 Å². The maximum Gasteiger partial charge on any atom is 0.348 e. The average molecular weight is 617 g/mol. The minimum atomic E-state index is -0.631. The first-order valence-corrected chi connectivity index (χ1v) is 13.8. The Morgan fingerprint density at radius 3 is 2.46 bits per heavy atom. The standard InChI is InChI=1S/C29H30BrNO7S/c1-6-36-28(33)24-18(4)26(29(34)38-17(2)3)39-27(24)31-23(32)13-12-20-14-21(30)25(22(15-20)35-5)37-16-19-10-8-7-9-11-19/h7-15,17H,6,16H2,1-5H3,(H,31,32)/b13-12+. The Bertz CT molecular complexity index is 1370. The van der Waals surface area contributed by atoms with Gasteiger partial charge in [0, 0.05) is 6.08 Å². The average Bonchev–Trinajstić information content (AvgIpc) is 3.22. The second kappa shape index (κ2) is 14.0. The van der Waals surface area contributed by atoms with Crippen molar-refractivity contribution in [2.45, 2.75) is 40.4 Å². The quantitative estimate of drug-likeness (QED) is 0.187. The number of thiophene rings is 1. The van der Waals surface area contributed by atoms with E-state index >= 15 is 0 Å². The Morgan fingerprint density at radius 1 is 1.10 bits per heavy atom. The number of carbonyl (C=O) groups excluding carboxylic acids is 3. The molecule has 0 aliphatic rings. The van der Waals surface area contributed by atoms with Gasteiger partial charge in [-0.1, -0.05) is 30.3 Å². The lowest BCUT2D eigenvalue weighted by Crippen LogP contribution is -2.13. The number of benzene rings is 2. The minimum Gasteiger partial charge on any atom is -0.493 e. The summed E-state index contributed by atoms with van der Waals surface area (Å²) < 4.78 is 22.6. The number of carbonyl (C=O) groups is 3. The molecule has 0 spiro atoms. The van der Waals surface area contributed by atoms with Crippen LogP contribution in [0.4, 0.5) is 5.00 Å². The first-order chi connectivity index (χ1) is 18.6. The van der Waals surface area contributed by atoms with Crippen molar-refractivity contribution in [1.29, 1.82) is 0 Å². The van der Waals surface area contributed by atoms with E-state index in [-0.39, 0.29) is 28.2 Å². The summed E-state index contributed by atoms with van der Waals surface area (Å²) in [5.74, 6) is -0.663. The van der Waals surface area contributed by atoms with Gasteiger partial charge >= 0.3 is 11.9 Å². The molecule has 0 aliphatic carbocycles. The summed E-state index contributed by atoms with van der Waals surface area (Å²) in [5.41, 5.74) is 2.21. The maximum absolute atomic E-state index is 12.8. The van der Waals surface area contributed by atoms with Gasteiger partial charge in [-0.25, -0.2) is 9.59 Å². The highest BCUT2D eigenvalue weighted by atomic mass is 79.9. The van der Waals surface area contributed by atoms with Gasteiger partial charge in [0.2, 0.25) is 5.91 Å². The van der Waals surface area contributed by atoms with Crippen molar-refractivity contribution in [2.75, 3.05) is 19.0 Å². The third kappa shape index (κ3) is 7.93. The van der Waals surface area contributed by atoms with E-state index in [1.165, 1.54) is 13.2 Å². The van der Waals surface area contributed by atoms with Gasteiger partial charge in [0.15, 0.2) is 11.5 Å². The number of amides is 1. The summed E-state index contributed by atoms with van der Waals surface area (Å²) in [5, 5.41) is 2.91. The Morgan fingerprint density at radius 2 is 1.82 bits per heavy atom. The highest BCUT2D eigenvalue weighted by Gasteiger charge is 2.27. The fourth-order valence-corrected chi connectivity index (χ4v) is 5.20. The van der Waals surface area contributed by atoms with Crippen LogP contribution in [0.2, 0.25) is 0 Å². The predicted octanol–water partition coefficient (Wildman–Crippen LogP) is 6.80. The lowest BCUT2D eigenvalue weighted by molar-refractivity contribution is -0.111. The summed E-state index contributed by atoms with van der Waals surface area (Å²) in [4.78, 5) is 38.2. The summed E-state index contributed by atoms with van der Waals surface area (Å²) in [6.45, 7) is 7.28. The molecule has 1 heterocycles. The van der Waals surface area contributed by atoms with Gasteiger partial charge in [-0.15, -0.1) is 11.3 Å². The summed E-state index contributed by atoms with van der Waals surface area (Å²) in [6, 6.07) is 13.3. The second-order valence-electron chi connectivity index (χ2n) is 8.57. The van der Waals surface area contributed by atoms with E-state index in [4.69, 9.17) is 18.9 Å². The molecule has 0 bridgehead atoms. The van der Waals surface area contributed by atoms with Gasteiger partial charge in [0.1, 0.15) is 16.5 Å². The Kier molecular flexibility index (Phi) is 10.7. The van der Waals surface area contributed by atoms with Crippen LogP contribution in [-0.2, 0) is 20.9 Å².